The van der Waals surface area contributed by atoms with E-state index in [4.69, 9.17) is 39.5 Å². The summed E-state index contributed by atoms with van der Waals surface area (Å²) < 4.78 is 5.09. The number of fused-ring (bicyclic) bond motifs is 2. The van der Waals surface area contributed by atoms with Crippen LogP contribution in [0.4, 0.5) is 5.69 Å². The van der Waals surface area contributed by atoms with Gasteiger partial charge in [-0.15, -0.1) is 0 Å². The molecule has 130 valence electrons. The summed E-state index contributed by atoms with van der Waals surface area (Å²) in [5, 5.41) is 3.42. The third kappa shape index (κ3) is 4.16. The van der Waals surface area contributed by atoms with Crippen molar-refractivity contribution in [3.63, 3.8) is 0 Å². The minimum atomic E-state index is -0.461. The molecule has 0 saturated heterocycles. The summed E-state index contributed by atoms with van der Waals surface area (Å²) >= 11 is 17.7. The Bertz CT molecular complexity index is 665. The highest BCUT2D eigenvalue weighted by Gasteiger charge is 2.40. The summed E-state index contributed by atoms with van der Waals surface area (Å²) in [6.45, 7) is -0.337. The summed E-state index contributed by atoms with van der Waals surface area (Å²) in [4.78, 5) is 23.8. The molecule has 7 heteroatoms. The Morgan fingerprint density at radius 1 is 1.08 bits per heavy atom. The van der Waals surface area contributed by atoms with Crippen molar-refractivity contribution in [3.05, 3.63) is 27.2 Å². The maximum Gasteiger partial charge on any atom is 0.306 e. The first-order chi connectivity index (χ1) is 11.4. The average molecular weight is 391 g/mol. The summed E-state index contributed by atoms with van der Waals surface area (Å²) in [7, 11) is 0. The lowest BCUT2D eigenvalue weighted by Crippen LogP contribution is -2.23. The number of amides is 1. The topological polar surface area (TPSA) is 55.4 Å². The van der Waals surface area contributed by atoms with E-state index in [0.717, 1.165) is 12.3 Å². The Morgan fingerprint density at radius 3 is 2.50 bits per heavy atom. The van der Waals surface area contributed by atoms with Gasteiger partial charge in [0.2, 0.25) is 0 Å². The number of hydrogen-bond donors (Lipinski definition) is 1. The molecule has 4 nitrogen and oxygen atoms in total. The van der Waals surface area contributed by atoms with Crippen molar-refractivity contribution in [2.45, 2.75) is 32.1 Å². The van der Waals surface area contributed by atoms with Gasteiger partial charge in [0.15, 0.2) is 6.61 Å². The Labute approximate surface area is 155 Å². The van der Waals surface area contributed by atoms with Crippen LogP contribution in [0.5, 0.6) is 0 Å². The molecule has 2 aliphatic carbocycles. The van der Waals surface area contributed by atoms with Gasteiger partial charge in [-0.1, -0.05) is 41.2 Å². The summed E-state index contributed by atoms with van der Waals surface area (Å²) in [5.41, 5.74) is 0.334. The largest absolute Gasteiger partial charge is 0.456 e. The maximum absolute atomic E-state index is 11.9. The molecule has 2 aliphatic rings. The van der Waals surface area contributed by atoms with Gasteiger partial charge in [-0.05, 0) is 49.1 Å². The first-order valence-corrected chi connectivity index (χ1v) is 9.15. The number of ether oxygens (including phenoxy) is 1. The van der Waals surface area contributed by atoms with E-state index >= 15 is 0 Å². The maximum atomic E-state index is 11.9. The van der Waals surface area contributed by atoms with Gasteiger partial charge in [0.1, 0.15) is 0 Å². The van der Waals surface area contributed by atoms with Crippen molar-refractivity contribution >= 4 is 52.4 Å². The van der Waals surface area contributed by atoms with Crippen LogP contribution in [-0.4, -0.2) is 18.5 Å². The number of esters is 1. The smallest absolute Gasteiger partial charge is 0.306 e. The second-order valence-corrected chi connectivity index (χ2v) is 7.82. The van der Waals surface area contributed by atoms with Crippen molar-refractivity contribution in [2.24, 2.45) is 17.8 Å². The number of benzene rings is 1. The normalized spacial score (nSPS) is 24.9. The van der Waals surface area contributed by atoms with Gasteiger partial charge in [-0.2, -0.15) is 0 Å². The zero-order valence-corrected chi connectivity index (χ0v) is 15.3. The first-order valence-electron chi connectivity index (χ1n) is 8.02. The molecule has 0 radical (unpaired) electrons. The predicted molar refractivity (Wildman–Crippen MR) is 94.6 cm³/mol. The molecule has 0 aliphatic heterocycles. The fraction of sp³-hybridized carbons (Fsp3) is 0.529. The molecule has 2 bridgehead atoms. The highest BCUT2D eigenvalue weighted by molar-refractivity contribution is 6.44. The first kappa shape index (κ1) is 17.8. The minimum Gasteiger partial charge on any atom is -0.456 e. The van der Waals surface area contributed by atoms with Crippen LogP contribution in [0.3, 0.4) is 0 Å². The van der Waals surface area contributed by atoms with Gasteiger partial charge in [-0.25, -0.2) is 0 Å². The van der Waals surface area contributed by atoms with E-state index in [0.29, 0.717) is 29.0 Å². The fourth-order valence-electron chi connectivity index (χ4n) is 3.85. The zero-order valence-electron chi connectivity index (χ0n) is 13.0. The van der Waals surface area contributed by atoms with E-state index in [2.05, 4.69) is 5.32 Å². The quantitative estimate of drug-likeness (QED) is 0.571. The molecule has 1 amide bonds. The molecule has 0 spiro atoms. The third-order valence-electron chi connectivity index (χ3n) is 4.96. The van der Waals surface area contributed by atoms with Crippen molar-refractivity contribution in [1.29, 1.82) is 0 Å². The van der Waals surface area contributed by atoms with E-state index < -0.39 is 5.91 Å². The van der Waals surface area contributed by atoms with Crippen LogP contribution in [0.25, 0.3) is 0 Å². The standard InChI is InChI=1S/C17H18Cl3NO3/c18-12-6-14(20)15(7-13(12)19)21-16(22)8-24-17(23)5-11-4-9-1-2-10(11)3-9/h6-7,9-11H,1-5,8H2,(H,21,22)/t9-,10+,11+/m0/s1. The molecule has 1 aromatic rings. The molecule has 0 aromatic heterocycles. The molecule has 3 rings (SSSR count). The number of hydrogen-bond acceptors (Lipinski definition) is 3. The zero-order chi connectivity index (χ0) is 17.3. The van der Waals surface area contributed by atoms with Crippen LogP contribution in [0.1, 0.15) is 32.1 Å². The molecular formula is C17H18Cl3NO3. The Kier molecular flexibility index (Phi) is 5.58. The fourth-order valence-corrected chi connectivity index (χ4v) is 4.44. The Hall–Kier alpha value is -0.970. The van der Waals surface area contributed by atoms with Crippen LogP contribution >= 0.6 is 34.8 Å². The van der Waals surface area contributed by atoms with Gasteiger partial charge in [0.25, 0.3) is 5.91 Å². The van der Waals surface area contributed by atoms with Gasteiger partial charge in [-0.3, -0.25) is 9.59 Å². The predicted octanol–water partition coefficient (Wildman–Crippen LogP) is 4.95. The van der Waals surface area contributed by atoms with E-state index in [1.807, 2.05) is 0 Å². The van der Waals surface area contributed by atoms with E-state index in [1.54, 1.807) is 0 Å². The van der Waals surface area contributed by atoms with Gasteiger partial charge in [0, 0.05) is 6.42 Å². The molecular weight excluding hydrogens is 373 g/mol. The number of carbonyl (C=O) groups is 2. The third-order valence-corrected chi connectivity index (χ3v) is 6.00. The Morgan fingerprint density at radius 2 is 1.83 bits per heavy atom. The number of carbonyl (C=O) groups excluding carboxylic acids is 2. The van der Waals surface area contributed by atoms with Gasteiger partial charge in [0.05, 0.1) is 20.8 Å². The molecule has 1 aromatic carbocycles. The number of rotatable bonds is 5. The van der Waals surface area contributed by atoms with Crippen LogP contribution in [0, 0.1) is 17.8 Å². The molecule has 2 saturated carbocycles. The monoisotopic (exact) mass is 389 g/mol. The summed E-state index contributed by atoms with van der Waals surface area (Å²) in [6.07, 6.45) is 5.28. The van der Waals surface area contributed by atoms with Crippen molar-refractivity contribution in [3.8, 4) is 0 Å². The van der Waals surface area contributed by atoms with Crippen LogP contribution < -0.4 is 5.32 Å². The second-order valence-electron chi connectivity index (χ2n) is 6.59. The lowest BCUT2D eigenvalue weighted by atomic mass is 9.86. The molecule has 24 heavy (non-hydrogen) atoms. The van der Waals surface area contributed by atoms with Crippen LogP contribution in [-0.2, 0) is 14.3 Å². The highest BCUT2D eigenvalue weighted by Crippen LogP contribution is 2.49. The molecule has 2 fully saturated rings. The van der Waals surface area contributed by atoms with E-state index in [-0.39, 0.29) is 22.6 Å². The van der Waals surface area contributed by atoms with Crippen LogP contribution in [0.15, 0.2) is 12.1 Å². The number of anilines is 1. The summed E-state index contributed by atoms with van der Waals surface area (Å²) in [6, 6.07) is 2.91. The molecule has 0 heterocycles. The van der Waals surface area contributed by atoms with Crippen molar-refractivity contribution in [2.75, 3.05) is 11.9 Å². The summed E-state index contributed by atoms with van der Waals surface area (Å²) in [5.74, 6) is 1.09. The van der Waals surface area contributed by atoms with Gasteiger partial charge < -0.3 is 10.1 Å². The van der Waals surface area contributed by atoms with Gasteiger partial charge >= 0.3 is 5.97 Å². The van der Waals surface area contributed by atoms with Crippen molar-refractivity contribution in [1.82, 2.24) is 0 Å². The Balaban J connectivity index is 1.45. The highest BCUT2D eigenvalue weighted by atomic mass is 35.5. The molecule has 3 atom stereocenters. The lowest BCUT2D eigenvalue weighted by molar-refractivity contribution is -0.148. The van der Waals surface area contributed by atoms with E-state index in [1.165, 1.54) is 31.4 Å². The number of nitrogens with one attached hydrogen (secondary N) is 1. The second kappa shape index (κ2) is 7.51. The SMILES string of the molecule is O=C(COC(=O)C[C@H]1C[C@H]2CC[C@@H]1C2)Nc1cc(Cl)c(Cl)cc1Cl. The molecule has 1 N–H and O–H groups in total. The van der Waals surface area contributed by atoms with Crippen LogP contribution in [0.2, 0.25) is 15.1 Å². The lowest BCUT2D eigenvalue weighted by Gasteiger charge is -2.20. The van der Waals surface area contributed by atoms with E-state index in [9.17, 15) is 9.59 Å². The molecule has 0 unspecified atom stereocenters. The minimum absolute atomic E-state index is 0.269. The van der Waals surface area contributed by atoms with Crippen molar-refractivity contribution < 1.29 is 14.3 Å². The number of halogens is 3. The average Bonchev–Trinajstić information content (AvgIpc) is 3.13.